The molecule has 0 spiro atoms. The van der Waals surface area contributed by atoms with Gasteiger partial charge in [0.1, 0.15) is 0 Å². The van der Waals surface area contributed by atoms with E-state index in [9.17, 15) is 4.79 Å². The lowest BCUT2D eigenvalue weighted by molar-refractivity contribution is 0.0952. The predicted octanol–water partition coefficient (Wildman–Crippen LogP) is 3.10. The van der Waals surface area contributed by atoms with Gasteiger partial charge >= 0.3 is 0 Å². The molecule has 0 aliphatic rings. The molecule has 0 atom stereocenters. The van der Waals surface area contributed by atoms with E-state index < -0.39 is 0 Å². The molecule has 0 saturated heterocycles. The number of carbonyl (C=O) groups excluding carboxylic acids is 1. The number of halogens is 1. The number of unbranched alkanes of at least 4 members (excludes halogenated alkanes) is 1. The Hall–Kier alpha value is -1.39. The Labute approximate surface area is 120 Å². The summed E-state index contributed by atoms with van der Waals surface area (Å²) < 4.78 is 1.03. The number of amides is 1. The molecule has 0 aromatic heterocycles. The van der Waals surface area contributed by atoms with Gasteiger partial charge < -0.3 is 10.4 Å². The van der Waals surface area contributed by atoms with Crippen molar-refractivity contribution >= 4 is 32.6 Å². The van der Waals surface area contributed by atoms with Gasteiger partial charge in [-0.05, 0) is 47.9 Å². The number of aliphatic hydroxyl groups excluding tert-OH is 1. The van der Waals surface area contributed by atoms with E-state index in [0.29, 0.717) is 18.5 Å². The van der Waals surface area contributed by atoms with Crippen LogP contribution in [0.1, 0.15) is 23.2 Å². The predicted molar refractivity (Wildman–Crippen MR) is 80.3 cm³/mol. The summed E-state index contributed by atoms with van der Waals surface area (Å²) in [6, 6.07) is 11.6. The van der Waals surface area contributed by atoms with E-state index in [0.717, 1.165) is 21.7 Å². The second-order valence-electron chi connectivity index (χ2n) is 4.39. The van der Waals surface area contributed by atoms with Crippen LogP contribution in [0, 0.1) is 0 Å². The summed E-state index contributed by atoms with van der Waals surface area (Å²) >= 11 is 3.43. The second kappa shape index (κ2) is 6.68. The van der Waals surface area contributed by atoms with Gasteiger partial charge in [0.15, 0.2) is 0 Å². The van der Waals surface area contributed by atoms with Gasteiger partial charge in [0, 0.05) is 23.2 Å². The lowest BCUT2D eigenvalue weighted by Gasteiger charge is -2.06. The molecule has 0 unspecified atom stereocenters. The molecule has 0 heterocycles. The first-order valence-corrected chi connectivity index (χ1v) is 7.08. The van der Waals surface area contributed by atoms with Crippen molar-refractivity contribution in [3.63, 3.8) is 0 Å². The van der Waals surface area contributed by atoms with Gasteiger partial charge in [-0.2, -0.15) is 0 Å². The smallest absolute Gasteiger partial charge is 0.251 e. The maximum absolute atomic E-state index is 11.9. The maximum atomic E-state index is 11.9. The van der Waals surface area contributed by atoms with Crippen LogP contribution in [0.5, 0.6) is 0 Å². The molecule has 0 bridgehead atoms. The van der Waals surface area contributed by atoms with Gasteiger partial charge in [0.05, 0.1) is 0 Å². The fourth-order valence-corrected chi connectivity index (χ4v) is 2.28. The van der Waals surface area contributed by atoms with Crippen LogP contribution in [-0.4, -0.2) is 24.2 Å². The SMILES string of the molecule is O=C(NCCCCO)c1ccc2cc(Br)ccc2c1. The van der Waals surface area contributed by atoms with Crippen LogP contribution in [0.15, 0.2) is 40.9 Å². The van der Waals surface area contributed by atoms with Crippen LogP contribution in [-0.2, 0) is 0 Å². The molecule has 2 aromatic rings. The van der Waals surface area contributed by atoms with E-state index >= 15 is 0 Å². The van der Waals surface area contributed by atoms with Gasteiger partial charge in [0.25, 0.3) is 5.91 Å². The molecule has 0 saturated carbocycles. The number of fused-ring (bicyclic) bond motifs is 1. The van der Waals surface area contributed by atoms with E-state index in [2.05, 4.69) is 21.2 Å². The molecule has 19 heavy (non-hydrogen) atoms. The zero-order chi connectivity index (χ0) is 13.7. The summed E-state index contributed by atoms with van der Waals surface area (Å²) in [5.41, 5.74) is 0.666. The van der Waals surface area contributed by atoms with Gasteiger partial charge in [-0.25, -0.2) is 0 Å². The molecular formula is C15H16BrNO2. The number of rotatable bonds is 5. The average Bonchev–Trinajstić information content (AvgIpc) is 2.42. The minimum Gasteiger partial charge on any atom is -0.396 e. The van der Waals surface area contributed by atoms with Crippen molar-refractivity contribution in [3.05, 3.63) is 46.4 Å². The Morgan fingerprint density at radius 2 is 1.84 bits per heavy atom. The maximum Gasteiger partial charge on any atom is 0.251 e. The molecule has 2 N–H and O–H groups in total. The Balaban J connectivity index is 2.08. The van der Waals surface area contributed by atoms with E-state index in [1.54, 1.807) is 0 Å². The van der Waals surface area contributed by atoms with Gasteiger partial charge in [-0.15, -0.1) is 0 Å². The van der Waals surface area contributed by atoms with Crippen LogP contribution in [0.2, 0.25) is 0 Å². The van der Waals surface area contributed by atoms with Crippen molar-refractivity contribution in [3.8, 4) is 0 Å². The molecule has 1 amide bonds. The third-order valence-corrected chi connectivity index (χ3v) is 3.43. The molecule has 2 aromatic carbocycles. The Kier molecular flexibility index (Phi) is 4.93. The summed E-state index contributed by atoms with van der Waals surface area (Å²) in [7, 11) is 0. The minimum atomic E-state index is -0.0669. The number of nitrogens with one attached hydrogen (secondary N) is 1. The summed E-state index contributed by atoms with van der Waals surface area (Å²) in [5.74, 6) is -0.0669. The summed E-state index contributed by atoms with van der Waals surface area (Å²) in [6.45, 7) is 0.762. The first-order chi connectivity index (χ1) is 9.20. The molecule has 0 aliphatic heterocycles. The fourth-order valence-electron chi connectivity index (χ4n) is 1.90. The van der Waals surface area contributed by atoms with E-state index in [4.69, 9.17) is 5.11 Å². The van der Waals surface area contributed by atoms with Gasteiger partial charge in [-0.3, -0.25) is 4.79 Å². The molecule has 0 radical (unpaired) electrons. The lowest BCUT2D eigenvalue weighted by Crippen LogP contribution is -2.24. The van der Waals surface area contributed by atoms with Crippen LogP contribution in [0.25, 0.3) is 10.8 Å². The van der Waals surface area contributed by atoms with Crippen molar-refractivity contribution in [2.75, 3.05) is 13.2 Å². The van der Waals surface area contributed by atoms with Crippen LogP contribution in [0.4, 0.5) is 0 Å². The van der Waals surface area contributed by atoms with E-state index in [1.807, 2.05) is 36.4 Å². The van der Waals surface area contributed by atoms with E-state index in [-0.39, 0.29) is 12.5 Å². The fraction of sp³-hybridized carbons (Fsp3) is 0.267. The van der Waals surface area contributed by atoms with Crippen molar-refractivity contribution < 1.29 is 9.90 Å². The second-order valence-corrected chi connectivity index (χ2v) is 5.31. The third-order valence-electron chi connectivity index (χ3n) is 2.93. The van der Waals surface area contributed by atoms with Crippen LogP contribution in [0.3, 0.4) is 0 Å². The van der Waals surface area contributed by atoms with Crippen molar-refractivity contribution in [2.45, 2.75) is 12.8 Å². The van der Waals surface area contributed by atoms with Gasteiger partial charge in [0.2, 0.25) is 0 Å². The van der Waals surface area contributed by atoms with Crippen molar-refractivity contribution in [2.24, 2.45) is 0 Å². The summed E-state index contributed by atoms with van der Waals surface area (Å²) in [4.78, 5) is 11.9. The summed E-state index contributed by atoms with van der Waals surface area (Å²) in [5, 5.41) is 13.7. The van der Waals surface area contributed by atoms with Crippen LogP contribution >= 0.6 is 15.9 Å². The van der Waals surface area contributed by atoms with Crippen LogP contribution < -0.4 is 5.32 Å². The number of hydrogen-bond donors (Lipinski definition) is 2. The Bertz CT molecular complexity index is 583. The summed E-state index contributed by atoms with van der Waals surface area (Å²) in [6.07, 6.45) is 1.51. The topological polar surface area (TPSA) is 49.3 Å². The highest BCUT2D eigenvalue weighted by Gasteiger charge is 2.05. The highest BCUT2D eigenvalue weighted by molar-refractivity contribution is 9.10. The number of aliphatic hydroxyl groups is 1. The van der Waals surface area contributed by atoms with Crippen molar-refractivity contribution in [1.29, 1.82) is 0 Å². The first kappa shape index (κ1) is 14.0. The Morgan fingerprint density at radius 1 is 1.11 bits per heavy atom. The molecule has 0 fully saturated rings. The van der Waals surface area contributed by atoms with Gasteiger partial charge in [-0.1, -0.05) is 28.1 Å². The molecule has 100 valence electrons. The van der Waals surface area contributed by atoms with Crippen molar-refractivity contribution in [1.82, 2.24) is 5.32 Å². The van der Waals surface area contributed by atoms with E-state index in [1.165, 1.54) is 0 Å². The average molecular weight is 322 g/mol. The standard InChI is InChI=1S/C15H16BrNO2/c16-14-6-5-11-9-13(4-3-12(11)10-14)15(19)17-7-1-2-8-18/h3-6,9-10,18H,1-2,7-8H2,(H,17,19). The normalized spacial score (nSPS) is 10.6. The molecule has 0 aliphatic carbocycles. The largest absolute Gasteiger partial charge is 0.396 e. The molecule has 3 nitrogen and oxygen atoms in total. The quantitative estimate of drug-likeness (QED) is 0.831. The highest BCUT2D eigenvalue weighted by Crippen LogP contribution is 2.20. The number of benzene rings is 2. The zero-order valence-corrected chi connectivity index (χ0v) is 12.1. The number of hydrogen-bond acceptors (Lipinski definition) is 2. The minimum absolute atomic E-state index is 0.0669. The zero-order valence-electron chi connectivity index (χ0n) is 10.5. The monoisotopic (exact) mass is 321 g/mol. The molecular weight excluding hydrogens is 306 g/mol. The Morgan fingerprint density at radius 3 is 2.63 bits per heavy atom. The molecule has 4 heteroatoms. The third kappa shape index (κ3) is 3.78. The highest BCUT2D eigenvalue weighted by atomic mass is 79.9. The first-order valence-electron chi connectivity index (χ1n) is 6.29. The number of carbonyl (C=O) groups is 1. The molecule has 2 rings (SSSR count). The lowest BCUT2D eigenvalue weighted by atomic mass is 10.1.